The highest BCUT2D eigenvalue weighted by atomic mass is 19.4. The van der Waals surface area contributed by atoms with E-state index in [1.807, 2.05) is 0 Å². The highest BCUT2D eigenvalue weighted by Gasteiger charge is 2.56. The second-order valence-electron chi connectivity index (χ2n) is 4.17. The SMILES string of the molecule is COC(OC)C(=O)C[C@@](O)(c1ccccc1)C(F)(F)F. The maximum Gasteiger partial charge on any atom is 0.421 e. The Labute approximate surface area is 114 Å². The number of carbonyl (C=O) groups is 1. The number of alkyl halides is 3. The Bertz CT molecular complexity index is 443. The summed E-state index contributed by atoms with van der Waals surface area (Å²) in [5.41, 5.74) is -3.69. The summed E-state index contributed by atoms with van der Waals surface area (Å²) in [5.74, 6) is -1.00. The molecule has 0 unspecified atom stereocenters. The van der Waals surface area contributed by atoms with Gasteiger partial charge >= 0.3 is 6.18 Å². The number of Topliss-reactive ketones (excluding diaryl/α,β-unsaturated/α-hetero) is 1. The monoisotopic (exact) mass is 292 g/mol. The van der Waals surface area contributed by atoms with Crippen LogP contribution in [0.4, 0.5) is 13.2 Å². The van der Waals surface area contributed by atoms with Gasteiger partial charge in [-0.15, -0.1) is 0 Å². The van der Waals surface area contributed by atoms with Crippen LogP contribution in [0.1, 0.15) is 12.0 Å². The van der Waals surface area contributed by atoms with Crippen molar-refractivity contribution in [2.75, 3.05) is 14.2 Å². The first-order valence-electron chi connectivity index (χ1n) is 5.69. The summed E-state index contributed by atoms with van der Waals surface area (Å²) in [7, 11) is 2.25. The van der Waals surface area contributed by atoms with Crippen LogP contribution in [0.3, 0.4) is 0 Å². The number of carbonyl (C=O) groups excluding carboxylic acids is 1. The van der Waals surface area contributed by atoms with Gasteiger partial charge in [-0.25, -0.2) is 0 Å². The fourth-order valence-electron chi connectivity index (χ4n) is 1.77. The number of hydrogen-bond donors (Lipinski definition) is 1. The van der Waals surface area contributed by atoms with Gasteiger partial charge in [-0.2, -0.15) is 13.2 Å². The molecule has 1 aromatic carbocycles. The van der Waals surface area contributed by atoms with Crippen molar-refractivity contribution in [2.45, 2.75) is 24.5 Å². The Morgan fingerprint density at radius 2 is 1.70 bits per heavy atom. The number of hydrogen-bond acceptors (Lipinski definition) is 4. The summed E-state index contributed by atoms with van der Waals surface area (Å²) in [6, 6.07) is 6.42. The Hall–Kier alpha value is -1.44. The Morgan fingerprint density at radius 3 is 2.10 bits per heavy atom. The van der Waals surface area contributed by atoms with Gasteiger partial charge in [-0.05, 0) is 5.56 Å². The zero-order valence-corrected chi connectivity index (χ0v) is 11.0. The molecule has 1 rings (SSSR count). The van der Waals surface area contributed by atoms with Crippen molar-refractivity contribution in [3.8, 4) is 0 Å². The molecule has 7 heteroatoms. The van der Waals surface area contributed by atoms with Gasteiger partial charge in [-0.3, -0.25) is 4.79 Å². The van der Waals surface area contributed by atoms with Gasteiger partial charge in [0.1, 0.15) is 0 Å². The third-order valence-corrected chi connectivity index (χ3v) is 2.84. The van der Waals surface area contributed by atoms with Crippen LogP contribution in [-0.2, 0) is 19.9 Å². The molecule has 1 N–H and O–H groups in total. The molecule has 0 aromatic heterocycles. The number of rotatable bonds is 6. The van der Waals surface area contributed by atoms with E-state index in [0.717, 1.165) is 26.4 Å². The van der Waals surface area contributed by atoms with Crippen LogP contribution in [0.2, 0.25) is 0 Å². The van der Waals surface area contributed by atoms with Crippen molar-refractivity contribution in [3.05, 3.63) is 35.9 Å². The van der Waals surface area contributed by atoms with Crippen molar-refractivity contribution in [1.29, 1.82) is 0 Å². The van der Waals surface area contributed by atoms with E-state index in [1.54, 1.807) is 0 Å². The minimum atomic E-state index is -5.00. The fraction of sp³-hybridized carbons (Fsp3) is 0.462. The first kappa shape index (κ1) is 16.6. The van der Waals surface area contributed by atoms with Crippen LogP contribution >= 0.6 is 0 Å². The maximum absolute atomic E-state index is 13.1. The average Bonchev–Trinajstić information content (AvgIpc) is 2.39. The molecular formula is C13H15F3O4. The lowest BCUT2D eigenvalue weighted by atomic mass is 9.88. The molecule has 1 aromatic rings. The molecule has 0 radical (unpaired) electrons. The number of ether oxygens (including phenoxy) is 2. The lowest BCUT2D eigenvalue weighted by Gasteiger charge is -2.31. The van der Waals surface area contributed by atoms with E-state index < -0.39 is 35.8 Å². The van der Waals surface area contributed by atoms with Gasteiger partial charge < -0.3 is 14.6 Å². The van der Waals surface area contributed by atoms with Crippen molar-refractivity contribution in [3.63, 3.8) is 0 Å². The van der Waals surface area contributed by atoms with Crippen LogP contribution in [-0.4, -0.2) is 37.6 Å². The second-order valence-corrected chi connectivity index (χ2v) is 4.17. The second kappa shape index (κ2) is 6.34. The molecule has 0 amide bonds. The first-order chi connectivity index (χ1) is 9.26. The standard InChI is InChI=1S/C13H15F3O4/c1-19-11(20-2)10(17)8-12(18,13(14,15)16)9-6-4-3-5-7-9/h3-7,11,18H,8H2,1-2H3/t12-/m1/s1. The number of ketones is 1. The fourth-order valence-corrected chi connectivity index (χ4v) is 1.77. The van der Waals surface area contributed by atoms with Crippen LogP contribution in [0.15, 0.2) is 30.3 Å². The zero-order chi connectivity index (χ0) is 15.4. The first-order valence-corrected chi connectivity index (χ1v) is 5.69. The smallest absolute Gasteiger partial charge is 0.376 e. The zero-order valence-electron chi connectivity index (χ0n) is 11.0. The number of methoxy groups -OCH3 is 2. The van der Waals surface area contributed by atoms with Crippen LogP contribution < -0.4 is 0 Å². The van der Waals surface area contributed by atoms with Crippen LogP contribution in [0.25, 0.3) is 0 Å². The summed E-state index contributed by atoms with van der Waals surface area (Å²) < 4.78 is 48.6. The van der Waals surface area contributed by atoms with Gasteiger partial charge in [0.25, 0.3) is 0 Å². The third kappa shape index (κ3) is 3.36. The molecule has 20 heavy (non-hydrogen) atoms. The molecule has 0 aliphatic rings. The molecule has 0 aliphatic heterocycles. The van der Waals surface area contributed by atoms with Crippen molar-refractivity contribution >= 4 is 5.78 Å². The summed E-state index contributed by atoms with van der Waals surface area (Å²) in [5, 5.41) is 9.97. The molecule has 0 bridgehead atoms. The molecule has 0 saturated carbocycles. The van der Waals surface area contributed by atoms with Gasteiger partial charge in [0.05, 0.1) is 6.42 Å². The highest BCUT2D eigenvalue weighted by Crippen LogP contribution is 2.41. The predicted octanol–water partition coefficient (Wildman–Crippen LogP) is 2.01. The van der Waals surface area contributed by atoms with Gasteiger partial charge in [0.15, 0.2) is 11.4 Å². The Morgan fingerprint density at radius 1 is 1.20 bits per heavy atom. The Balaban J connectivity index is 3.12. The third-order valence-electron chi connectivity index (χ3n) is 2.84. The molecule has 0 fully saturated rings. The average molecular weight is 292 g/mol. The van der Waals surface area contributed by atoms with E-state index >= 15 is 0 Å². The van der Waals surface area contributed by atoms with E-state index in [1.165, 1.54) is 18.2 Å². The van der Waals surface area contributed by atoms with Crippen molar-refractivity contribution in [2.24, 2.45) is 0 Å². The van der Waals surface area contributed by atoms with Gasteiger partial charge in [-0.1, -0.05) is 30.3 Å². The van der Waals surface area contributed by atoms with E-state index in [4.69, 9.17) is 0 Å². The van der Waals surface area contributed by atoms with Crippen LogP contribution in [0, 0.1) is 0 Å². The van der Waals surface area contributed by atoms with Gasteiger partial charge in [0.2, 0.25) is 6.29 Å². The maximum atomic E-state index is 13.1. The molecule has 0 saturated heterocycles. The number of halogens is 3. The predicted molar refractivity (Wildman–Crippen MR) is 63.8 cm³/mol. The molecule has 4 nitrogen and oxygen atoms in total. The highest BCUT2D eigenvalue weighted by molar-refractivity contribution is 5.83. The minimum Gasteiger partial charge on any atom is -0.376 e. The molecule has 1 atom stereocenters. The van der Waals surface area contributed by atoms with Gasteiger partial charge in [0, 0.05) is 14.2 Å². The number of benzene rings is 1. The number of aliphatic hydroxyl groups is 1. The topological polar surface area (TPSA) is 55.8 Å². The van der Waals surface area contributed by atoms with Crippen molar-refractivity contribution in [1.82, 2.24) is 0 Å². The summed E-state index contributed by atoms with van der Waals surface area (Å²) in [6.45, 7) is 0. The van der Waals surface area contributed by atoms with E-state index in [-0.39, 0.29) is 0 Å². The van der Waals surface area contributed by atoms with E-state index in [2.05, 4.69) is 9.47 Å². The van der Waals surface area contributed by atoms with E-state index in [9.17, 15) is 23.1 Å². The lowest BCUT2D eigenvalue weighted by molar-refractivity contribution is -0.269. The minimum absolute atomic E-state index is 0.410. The molecule has 0 aliphatic carbocycles. The summed E-state index contributed by atoms with van der Waals surface area (Å²) in [4.78, 5) is 11.7. The van der Waals surface area contributed by atoms with E-state index in [0.29, 0.717) is 0 Å². The van der Waals surface area contributed by atoms with Crippen LogP contribution in [0.5, 0.6) is 0 Å². The quantitative estimate of drug-likeness (QED) is 0.815. The molecule has 0 spiro atoms. The normalized spacial score (nSPS) is 15.2. The largest absolute Gasteiger partial charge is 0.421 e. The molecule has 112 valence electrons. The molecular weight excluding hydrogens is 277 g/mol. The molecule has 0 heterocycles. The Kier molecular flexibility index (Phi) is 5.27. The van der Waals surface area contributed by atoms with Crippen molar-refractivity contribution < 1.29 is 32.5 Å². The lowest BCUT2D eigenvalue weighted by Crippen LogP contribution is -2.46. The summed E-state index contributed by atoms with van der Waals surface area (Å²) >= 11 is 0. The summed E-state index contributed by atoms with van der Waals surface area (Å²) in [6.07, 6.45) is -7.64.